The standard InChI is InChI=1S/C21H12Cl2F4N4O2/c1-33-12-5-2-10(3-6-12)15-9-16(21(25,26)27)31-19(29-15)17(23)18(30-31)20(32)28-11-4-7-14(24)13(22)8-11/h2-9H,1H3,(H,28,32). The van der Waals surface area contributed by atoms with Crippen molar-refractivity contribution in [3.8, 4) is 17.0 Å². The molecule has 4 aromatic rings. The fourth-order valence-corrected chi connectivity index (χ4v) is 3.44. The summed E-state index contributed by atoms with van der Waals surface area (Å²) in [5, 5.41) is 5.47. The van der Waals surface area contributed by atoms with Gasteiger partial charge in [0.1, 0.15) is 16.6 Å². The average Bonchev–Trinajstić information content (AvgIpc) is 3.11. The molecule has 1 N–H and O–H groups in total. The van der Waals surface area contributed by atoms with Crippen molar-refractivity contribution in [3.63, 3.8) is 0 Å². The predicted molar refractivity (Wildman–Crippen MR) is 114 cm³/mol. The first-order chi connectivity index (χ1) is 15.6. The van der Waals surface area contributed by atoms with Crippen LogP contribution < -0.4 is 10.1 Å². The Labute approximate surface area is 193 Å². The minimum absolute atomic E-state index is 0.0310. The van der Waals surface area contributed by atoms with Crippen LogP contribution in [0.15, 0.2) is 48.5 Å². The Morgan fingerprint density at radius 3 is 2.39 bits per heavy atom. The quantitative estimate of drug-likeness (QED) is 0.344. The maximum absolute atomic E-state index is 13.8. The van der Waals surface area contributed by atoms with Gasteiger partial charge in [0.2, 0.25) is 0 Å². The number of methoxy groups -OCH3 is 1. The summed E-state index contributed by atoms with van der Waals surface area (Å²) in [6.07, 6.45) is -4.82. The monoisotopic (exact) mass is 498 g/mol. The van der Waals surface area contributed by atoms with E-state index in [9.17, 15) is 22.4 Å². The maximum Gasteiger partial charge on any atom is 0.433 e. The molecule has 0 radical (unpaired) electrons. The average molecular weight is 499 g/mol. The summed E-state index contributed by atoms with van der Waals surface area (Å²) in [6.45, 7) is 0. The molecule has 2 heterocycles. The minimum atomic E-state index is -4.82. The summed E-state index contributed by atoms with van der Waals surface area (Å²) in [5.74, 6) is -1.11. The highest BCUT2D eigenvalue weighted by molar-refractivity contribution is 6.37. The van der Waals surface area contributed by atoms with Crippen LogP contribution in [0.2, 0.25) is 10.0 Å². The molecular weight excluding hydrogens is 487 g/mol. The second-order valence-corrected chi connectivity index (χ2v) is 7.52. The van der Waals surface area contributed by atoms with Gasteiger partial charge in [0.05, 0.1) is 17.8 Å². The zero-order valence-electron chi connectivity index (χ0n) is 16.5. The van der Waals surface area contributed by atoms with E-state index in [1.54, 1.807) is 12.1 Å². The molecule has 0 saturated heterocycles. The van der Waals surface area contributed by atoms with E-state index < -0.39 is 29.3 Å². The lowest BCUT2D eigenvalue weighted by Gasteiger charge is -2.11. The zero-order valence-corrected chi connectivity index (χ0v) is 18.1. The lowest BCUT2D eigenvalue weighted by atomic mass is 10.1. The number of benzene rings is 2. The molecule has 0 aliphatic carbocycles. The predicted octanol–water partition coefficient (Wildman–Crippen LogP) is 6.12. The smallest absolute Gasteiger partial charge is 0.433 e. The van der Waals surface area contributed by atoms with Gasteiger partial charge in [-0.15, -0.1) is 0 Å². The first kappa shape index (κ1) is 22.8. The fraction of sp³-hybridized carbons (Fsp3) is 0.0952. The normalized spacial score (nSPS) is 11.6. The van der Waals surface area contributed by atoms with Crippen LogP contribution in [0, 0.1) is 5.82 Å². The number of carbonyl (C=O) groups is 1. The molecule has 0 spiro atoms. The van der Waals surface area contributed by atoms with Gasteiger partial charge in [-0.05, 0) is 48.5 Å². The number of aromatic nitrogens is 3. The van der Waals surface area contributed by atoms with Crippen molar-refractivity contribution in [2.75, 3.05) is 12.4 Å². The van der Waals surface area contributed by atoms with Gasteiger partial charge in [0.25, 0.3) is 5.91 Å². The van der Waals surface area contributed by atoms with Crippen molar-refractivity contribution in [3.05, 3.63) is 75.8 Å². The van der Waals surface area contributed by atoms with Crippen molar-refractivity contribution in [2.45, 2.75) is 6.18 Å². The van der Waals surface area contributed by atoms with E-state index in [0.717, 1.165) is 18.2 Å². The number of rotatable bonds is 4. The molecular formula is C21H12Cl2F4N4O2. The summed E-state index contributed by atoms with van der Waals surface area (Å²) in [5.41, 5.74) is -1.60. The molecule has 4 rings (SSSR count). The molecule has 0 unspecified atom stereocenters. The van der Waals surface area contributed by atoms with Crippen LogP contribution >= 0.6 is 23.2 Å². The molecule has 1 amide bonds. The van der Waals surface area contributed by atoms with Crippen molar-refractivity contribution in [2.24, 2.45) is 0 Å². The van der Waals surface area contributed by atoms with Crippen LogP contribution in [-0.2, 0) is 6.18 Å². The number of amides is 1. The molecule has 2 aromatic carbocycles. The lowest BCUT2D eigenvalue weighted by Crippen LogP contribution is -2.16. The van der Waals surface area contributed by atoms with E-state index in [4.69, 9.17) is 27.9 Å². The molecule has 0 aliphatic rings. The SMILES string of the molecule is COc1ccc(-c2cc(C(F)(F)F)n3nc(C(=O)Nc4ccc(F)c(Cl)c4)c(Cl)c3n2)cc1. The van der Waals surface area contributed by atoms with Gasteiger partial charge in [0.15, 0.2) is 17.0 Å². The number of alkyl halides is 3. The van der Waals surface area contributed by atoms with Gasteiger partial charge in [-0.25, -0.2) is 13.9 Å². The molecule has 0 fully saturated rings. The molecule has 33 heavy (non-hydrogen) atoms. The van der Waals surface area contributed by atoms with Gasteiger partial charge in [-0.3, -0.25) is 4.79 Å². The third-order valence-electron chi connectivity index (χ3n) is 4.60. The number of hydrogen-bond acceptors (Lipinski definition) is 4. The van der Waals surface area contributed by atoms with Gasteiger partial charge >= 0.3 is 6.18 Å². The topological polar surface area (TPSA) is 68.5 Å². The van der Waals surface area contributed by atoms with Crippen LogP contribution in [0.1, 0.15) is 16.2 Å². The van der Waals surface area contributed by atoms with Crippen molar-refractivity contribution < 1.29 is 27.1 Å². The maximum atomic E-state index is 13.8. The molecule has 6 nitrogen and oxygen atoms in total. The summed E-state index contributed by atoms with van der Waals surface area (Å²) in [7, 11) is 1.46. The van der Waals surface area contributed by atoms with E-state index >= 15 is 0 Å². The third-order valence-corrected chi connectivity index (χ3v) is 5.24. The van der Waals surface area contributed by atoms with E-state index in [2.05, 4.69) is 15.4 Å². The van der Waals surface area contributed by atoms with E-state index in [1.807, 2.05) is 0 Å². The van der Waals surface area contributed by atoms with Gasteiger partial charge < -0.3 is 10.1 Å². The van der Waals surface area contributed by atoms with Crippen molar-refractivity contribution in [1.29, 1.82) is 0 Å². The first-order valence-electron chi connectivity index (χ1n) is 9.16. The highest BCUT2D eigenvalue weighted by Gasteiger charge is 2.36. The second kappa shape index (κ2) is 8.53. The Balaban J connectivity index is 1.81. The second-order valence-electron chi connectivity index (χ2n) is 6.73. The highest BCUT2D eigenvalue weighted by Crippen LogP contribution is 2.35. The number of carbonyl (C=O) groups excluding carboxylic acids is 1. The number of fused-ring (bicyclic) bond motifs is 1. The zero-order chi connectivity index (χ0) is 23.9. The highest BCUT2D eigenvalue weighted by atomic mass is 35.5. The summed E-state index contributed by atoms with van der Waals surface area (Å²) in [6, 6.07) is 10.4. The van der Waals surface area contributed by atoms with E-state index in [-0.39, 0.29) is 27.1 Å². The summed E-state index contributed by atoms with van der Waals surface area (Å²) < 4.78 is 60.3. The Kier molecular flexibility index (Phi) is 5.89. The van der Waals surface area contributed by atoms with Gasteiger partial charge in [-0.1, -0.05) is 23.2 Å². The number of ether oxygens (including phenoxy) is 1. The molecule has 170 valence electrons. The van der Waals surface area contributed by atoms with Gasteiger partial charge in [0, 0.05) is 11.3 Å². The number of halogens is 6. The van der Waals surface area contributed by atoms with Crippen molar-refractivity contribution in [1.82, 2.24) is 14.6 Å². The Bertz CT molecular complexity index is 1370. The molecule has 0 saturated carbocycles. The Morgan fingerprint density at radius 1 is 1.09 bits per heavy atom. The van der Waals surface area contributed by atoms with Crippen LogP contribution in [0.4, 0.5) is 23.2 Å². The fourth-order valence-electron chi connectivity index (χ4n) is 3.01. The van der Waals surface area contributed by atoms with Crippen LogP contribution in [0.5, 0.6) is 5.75 Å². The minimum Gasteiger partial charge on any atom is -0.497 e. The van der Waals surface area contributed by atoms with E-state index in [0.29, 0.717) is 15.8 Å². The summed E-state index contributed by atoms with van der Waals surface area (Å²) >= 11 is 11.9. The number of nitrogens with one attached hydrogen (secondary N) is 1. The van der Waals surface area contributed by atoms with Crippen LogP contribution in [0.3, 0.4) is 0 Å². The number of nitrogens with zero attached hydrogens (tertiary/aromatic N) is 3. The number of anilines is 1. The Hall–Kier alpha value is -3.37. The Morgan fingerprint density at radius 2 is 1.79 bits per heavy atom. The molecule has 0 atom stereocenters. The molecule has 0 bridgehead atoms. The summed E-state index contributed by atoms with van der Waals surface area (Å²) in [4.78, 5) is 16.8. The molecule has 0 aliphatic heterocycles. The van der Waals surface area contributed by atoms with Crippen LogP contribution in [0.25, 0.3) is 16.9 Å². The molecule has 12 heteroatoms. The van der Waals surface area contributed by atoms with Gasteiger partial charge in [-0.2, -0.15) is 18.3 Å². The van der Waals surface area contributed by atoms with E-state index in [1.165, 1.54) is 25.3 Å². The van der Waals surface area contributed by atoms with Crippen LogP contribution in [-0.4, -0.2) is 27.6 Å². The van der Waals surface area contributed by atoms with Crippen molar-refractivity contribution >= 4 is 40.4 Å². The first-order valence-corrected chi connectivity index (χ1v) is 9.91. The lowest BCUT2D eigenvalue weighted by molar-refractivity contribution is -0.142. The molecule has 2 aromatic heterocycles. The largest absolute Gasteiger partial charge is 0.497 e. The third kappa shape index (κ3) is 4.44. The number of hydrogen-bond donors (Lipinski definition) is 1.